The predicted molar refractivity (Wildman–Crippen MR) is 51.1 cm³/mol. The molecule has 0 saturated heterocycles. The van der Waals surface area contributed by atoms with Gasteiger partial charge in [-0.2, -0.15) is 14.6 Å². The maximum Gasteiger partial charge on any atom is 0.299 e. The van der Waals surface area contributed by atoms with Gasteiger partial charge < -0.3 is 11.1 Å². The van der Waals surface area contributed by atoms with Crippen LogP contribution in [0.25, 0.3) is 4.96 Å². The van der Waals surface area contributed by atoms with Crippen molar-refractivity contribution in [3.05, 3.63) is 15.9 Å². The van der Waals surface area contributed by atoms with Gasteiger partial charge in [0.1, 0.15) is 11.2 Å². The number of nitrogens with zero attached hydrogens (tertiary/aromatic N) is 3. The van der Waals surface area contributed by atoms with Crippen LogP contribution in [0.2, 0.25) is 0 Å². The van der Waals surface area contributed by atoms with E-state index in [4.69, 9.17) is 5.73 Å². The zero-order valence-corrected chi connectivity index (χ0v) is 7.63. The van der Waals surface area contributed by atoms with E-state index in [1.807, 2.05) is 0 Å². The fourth-order valence-electron chi connectivity index (χ4n) is 1.05. The minimum atomic E-state index is -0.357. The number of nitrogens with one attached hydrogen (secondary N) is 1. The van der Waals surface area contributed by atoms with Crippen molar-refractivity contribution in [3.63, 3.8) is 0 Å². The lowest BCUT2D eigenvalue weighted by atomic mass is 10.5. The molecular formula is C6H7N5OS. The summed E-state index contributed by atoms with van der Waals surface area (Å²) in [5, 5.41) is 6.63. The number of rotatable bonds is 1. The Kier molecular flexibility index (Phi) is 1.66. The maximum atomic E-state index is 11.3. The molecule has 0 aromatic carbocycles. The summed E-state index contributed by atoms with van der Waals surface area (Å²) in [6.07, 6.45) is 0. The van der Waals surface area contributed by atoms with Crippen molar-refractivity contribution in [2.75, 3.05) is 18.1 Å². The van der Waals surface area contributed by atoms with Gasteiger partial charge in [0.2, 0.25) is 4.96 Å². The van der Waals surface area contributed by atoms with E-state index in [1.54, 1.807) is 12.6 Å². The molecule has 0 radical (unpaired) electrons. The first-order valence-corrected chi connectivity index (χ1v) is 4.41. The number of aromatic nitrogens is 3. The molecule has 7 heteroatoms. The molecule has 2 rings (SSSR count). The predicted octanol–water partition coefficient (Wildman–Crippen LogP) is -0.225. The lowest BCUT2D eigenvalue weighted by molar-refractivity contribution is 0.945. The number of hydrogen-bond acceptors (Lipinski definition) is 6. The highest BCUT2D eigenvalue weighted by atomic mass is 32.1. The number of hydrogen-bond donors (Lipinski definition) is 2. The average Bonchev–Trinajstić information content (AvgIpc) is 2.53. The summed E-state index contributed by atoms with van der Waals surface area (Å²) in [5.74, 6) is 0.291. The van der Waals surface area contributed by atoms with E-state index in [-0.39, 0.29) is 11.2 Å². The highest BCUT2D eigenvalue weighted by Gasteiger charge is 2.09. The van der Waals surface area contributed by atoms with Gasteiger partial charge in [-0.1, -0.05) is 11.3 Å². The molecular weight excluding hydrogens is 190 g/mol. The van der Waals surface area contributed by atoms with E-state index in [0.717, 1.165) is 0 Å². The Morgan fingerprint density at radius 2 is 2.46 bits per heavy atom. The normalized spacial score (nSPS) is 10.5. The Morgan fingerprint density at radius 1 is 1.69 bits per heavy atom. The van der Waals surface area contributed by atoms with Gasteiger partial charge in [0.15, 0.2) is 5.82 Å². The van der Waals surface area contributed by atoms with Gasteiger partial charge in [-0.25, -0.2) is 0 Å². The summed E-state index contributed by atoms with van der Waals surface area (Å²) >= 11 is 1.27. The number of nitrogen functional groups attached to an aromatic ring is 1. The maximum absolute atomic E-state index is 11.3. The van der Waals surface area contributed by atoms with Gasteiger partial charge in [0.05, 0.1) is 0 Å². The van der Waals surface area contributed by atoms with Gasteiger partial charge in [-0.05, 0) is 0 Å². The quantitative estimate of drug-likeness (QED) is 0.659. The smallest absolute Gasteiger partial charge is 0.299 e. The fourth-order valence-corrected chi connectivity index (χ4v) is 1.67. The topological polar surface area (TPSA) is 85.3 Å². The Morgan fingerprint density at radius 3 is 3.15 bits per heavy atom. The summed E-state index contributed by atoms with van der Waals surface area (Å²) < 4.78 is 1.43. The molecule has 68 valence electrons. The second-order valence-corrected chi connectivity index (χ2v) is 3.17. The average molecular weight is 197 g/mol. The molecule has 2 aromatic heterocycles. The molecule has 0 spiro atoms. The van der Waals surface area contributed by atoms with E-state index in [9.17, 15) is 4.79 Å². The van der Waals surface area contributed by atoms with Gasteiger partial charge in [-0.3, -0.25) is 4.79 Å². The first-order valence-electron chi connectivity index (χ1n) is 3.54. The summed E-state index contributed by atoms with van der Waals surface area (Å²) in [4.78, 5) is 15.6. The molecule has 0 saturated carbocycles. The van der Waals surface area contributed by atoms with Crippen molar-refractivity contribution in [1.29, 1.82) is 0 Å². The van der Waals surface area contributed by atoms with Crippen molar-refractivity contribution >= 4 is 27.8 Å². The van der Waals surface area contributed by atoms with Crippen LogP contribution in [0.3, 0.4) is 0 Å². The molecule has 0 aliphatic rings. The van der Waals surface area contributed by atoms with Crippen molar-refractivity contribution < 1.29 is 0 Å². The third-order valence-electron chi connectivity index (χ3n) is 1.65. The molecule has 2 aromatic rings. The molecule has 13 heavy (non-hydrogen) atoms. The van der Waals surface area contributed by atoms with E-state index in [0.29, 0.717) is 10.8 Å². The monoisotopic (exact) mass is 197 g/mol. The fraction of sp³-hybridized carbons (Fsp3) is 0.167. The van der Waals surface area contributed by atoms with Crippen molar-refractivity contribution in [2.45, 2.75) is 0 Å². The van der Waals surface area contributed by atoms with Gasteiger partial charge in [0, 0.05) is 7.05 Å². The van der Waals surface area contributed by atoms with Crippen LogP contribution in [-0.4, -0.2) is 21.6 Å². The number of nitrogens with two attached hydrogens (primary N) is 1. The third-order valence-corrected chi connectivity index (χ3v) is 2.32. The van der Waals surface area contributed by atoms with Crippen LogP contribution in [-0.2, 0) is 0 Å². The minimum Gasteiger partial charge on any atom is -0.382 e. The lowest BCUT2D eigenvalue weighted by Crippen LogP contribution is -2.17. The van der Waals surface area contributed by atoms with Crippen LogP contribution in [0, 0.1) is 0 Å². The van der Waals surface area contributed by atoms with Crippen molar-refractivity contribution in [2.24, 2.45) is 0 Å². The van der Waals surface area contributed by atoms with Crippen LogP contribution in [0.5, 0.6) is 0 Å². The zero-order valence-electron chi connectivity index (χ0n) is 6.81. The van der Waals surface area contributed by atoms with Crippen molar-refractivity contribution in [3.8, 4) is 0 Å². The summed E-state index contributed by atoms with van der Waals surface area (Å²) in [5.41, 5.74) is 7.18. The standard InChI is InChI=1S/C6H7N5OS/c1-8-3-4(7)11-6(10-5(3)12)13-2-9-11/h2,8H,7H2,1H3. The second-order valence-electron chi connectivity index (χ2n) is 2.36. The van der Waals surface area contributed by atoms with Gasteiger partial charge in [-0.15, -0.1) is 0 Å². The van der Waals surface area contributed by atoms with E-state index in [2.05, 4.69) is 15.4 Å². The summed E-state index contributed by atoms with van der Waals surface area (Å²) in [6.45, 7) is 0. The van der Waals surface area contributed by atoms with E-state index in [1.165, 1.54) is 15.9 Å². The van der Waals surface area contributed by atoms with Gasteiger partial charge in [0.25, 0.3) is 5.56 Å². The van der Waals surface area contributed by atoms with Crippen LogP contribution in [0.15, 0.2) is 10.3 Å². The Bertz CT molecular complexity index is 501. The van der Waals surface area contributed by atoms with Crippen LogP contribution < -0.4 is 16.6 Å². The molecule has 0 atom stereocenters. The first-order chi connectivity index (χ1) is 6.24. The number of anilines is 2. The number of fused-ring (bicyclic) bond motifs is 1. The molecule has 6 nitrogen and oxygen atoms in total. The Balaban J connectivity index is 2.93. The highest BCUT2D eigenvalue weighted by Crippen LogP contribution is 2.14. The molecule has 2 heterocycles. The second kappa shape index (κ2) is 2.70. The van der Waals surface area contributed by atoms with E-state index >= 15 is 0 Å². The summed E-state index contributed by atoms with van der Waals surface area (Å²) in [7, 11) is 1.62. The van der Waals surface area contributed by atoms with Crippen LogP contribution in [0.4, 0.5) is 11.5 Å². The molecule has 0 aliphatic carbocycles. The largest absolute Gasteiger partial charge is 0.382 e. The zero-order chi connectivity index (χ0) is 9.42. The Hall–Kier alpha value is -1.63. The van der Waals surface area contributed by atoms with Crippen LogP contribution >= 0.6 is 11.3 Å². The summed E-state index contributed by atoms with van der Waals surface area (Å²) in [6, 6.07) is 0. The van der Waals surface area contributed by atoms with E-state index < -0.39 is 0 Å². The molecule has 0 unspecified atom stereocenters. The highest BCUT2D eigenvalue weighted by molar-refractivity contribution is 7.14. The van der Waals surface area contributed by atoms with Crippen LogP contribution in [0.1, 0.15) is 0 Å². The van der Waals surface area contributed by atoms with Gasteiger partial charge >= 0.3 is 0 Å². The first kappa shape index (κ1) is 7.99. The molecule has 0 bridgehead atoms. The third kappa shape index (κ3) is 1.04. The lowest BCUT2D eigenvalue weighted by Gasteiger charge is -2.02. The SMILES string of the molecule is CNc1c(N)n2ncsc2nc1=O. The molecule has 3 N–H and O–H groups in total. The van der Waals surface area contributed by atoms with Crippen molar-refractivity contribution in [1.82, 2.24) is 14.6 Å². The molecule has 0 fully saturated rings. The minimum absolute atomic E-state index is 0.281. The Labute approximate surface area is 77.0 Å². The molecule has 0 aliphatic heterocycles. The molecule has 0 amide bonds.